The number of amides is 3. The zero-order valence-electron chi connectivity index (χ0n) is 15.9. The predicted molar refractivity (Wildman–Crippen MR) is 119 cm³/mol. The van der Waals surface area contributed by atoms with Gasteiger partial charge in [0.25, 0.3) is 0 Å². The molecule has 3 N–H and O–H groups in total. The van der Waals surface area contributed by atoms with Gasteiger partial charge in [0.15, 0.2) is 0 Å². The summed E-state index contributed by atoms with van der Waals surface area (Å²) >= 11 is 4.59. The maximum Gasteiger partial charge on any atom is 0.250 e. The molecular weight excluding hydrogens is 458 g/mol. The number of methoxy groups -OCH3 is 1. The van der Waals surface area contributed by atoms with Crippen molar-refractivity contribution in [2.24, 2.45) is 0 Å². The van der Waals surface area contributed by atoms with Gasteiger partial charge < -0.3 is 20.7 Å². The van der Waals surface area contributed by atoms with Crippen LogP contribution in [0.15, 0.2) is 53.0 Å². The molecule has 3 amide bonds. The van der Waals surface area contributed by atoms with Crippen LogP contribution in [0, 0.1) is 0 Å². The van der Waals surface area contributed by atoms with E-state index in [4.69, 9.17) is 4.74 Å². The topological polar surface area (TPSA) is 96.5 Å². The minimum absolute atomic E-state index is 0.0205. The average molecular weight is 480 g/mol. The lowest BCUT2D eigenvalue weighted by molar-refractivity contribution is -0.120. The lowest BCUT2D eigenvalue weighted by Crippen LogP contribution is -2.25. The number of carbonyl (C=O) groups excluding carboxylic acids is 3. The molecule has 0 aliphatic heterocycles. The minimum Gasteiger partial charge on any atom is -0.375 e. The Kier molecular flexibility index (Phi) is 9.69. The van der Waals surface area contributed by atoms with Gasteiger partial charge in [0.1, 0.15) is 6.61 Å². The third kappa shape index (κ3) is 9.12. The summed E-state index contributed by atoms with van der Waals surface area (Å²) in [5.41, 5.74) is 2.19. The number of carbonyl (C=O) groups is 3. The van der Waals surface area contributed by atoms with Crippen LogP contribution in [0.25, 0.3) is 0 Å². The fourth-order valence-corrected chi connectivity index (χ4v) is 3.38. The highest BCUT2D eigenvalue weighted by Crippen LogP contribution is 2.16. The number of hydrogen-bond donors (Lipinski definition) is 3. The quantitative estimate of drug-likeness (QED) is 0.486. The molecule has 0 unspecified atom stereocenters. The molecular formula is C20H22BrN3O4S. The Morgan fingerprint density at radius 2 is 1.59 bits per heavy atom. The van der Waals surface area contributed by atoms with Gasteiger partial charge >= 0.3 is 0 Å². The lowest BCUT2D eigenvalue weighted by Gasteiger charge is -2.09. The van der Waals surface area contributed by atoms with Crippen LogP contribution in [0.2, 0.25) is 0 Å². The van der Waals surface area contributed by atoms with E-state index in [0.717, 1.165) is 10.0 Å². The van der Waals surface area contributed by atoms with Crippen LogP contribution in [-0.2, 0) is 25.7 Å². The Balaban J connectivity index is 1.69. The summed E-state index contributed by atoms with van der Waals surface area (Å²) in [5.74, 6) is -0.220. The highest BCUT2D eigenvalue weighted by atomic mass is 79.9. The van der Waals surface area contributed by atoms with Crippen molar-refractivity contribution < 1.29 is 19.1 Å². The van der Waals surface area contributed by atoms with Crippen LogP contribution in [0.3, 0.4) is 0 Å². The molecule has 0 bridgehead atoms. The second-order valence-corrected chi connectivity index (χ2v) is 7.91. The molecule has 0 heterocycles. The normalized spacial score (nSPS) is 10.3. The van der Waals surface area contributed by atoms with E-state index in [1.54, 1.807) is 30.3 Å². The van der Waals surface area contributed by atoms with Crippen LogP contribution in [0.5, 0.6) is 0 Å². The van der Waals surface area contributed by atoms with Crippen LogP contribution >= 0.6 is 27.7 Å². The molecule has 2 aromatic rings. The number of ether oxygens (including phenoxy) is 1. The maximum absolute atomic E-state index is 12.0. The molecule has 0 radical (unpaired) electrons. The molecule has 0 saturated carbocycles. The van der Waals surface area contributed by atoms with Gasteiger partial charge in [0, 0.05) is 29.5 Å². The summed E-state index contributed by atoms with van der Waals surface area (Å²) < 4.78 is 5.66. The van der Waals surface area contributed by atoms with Crippen LogP contribution in [0.1, 0.15) is 5.56 Å². The molecule has 0 aliphatic carbocycles. The highest BCUT2D eigenvalue weighted by Gasteiger charge is 2.07. The number of halogens is 1. The Morgan fingerprint density at radius 1 is 0.931 bits per heavy atom. The van der Waals surface area contributed by atoms with Crippen molar-refractivity contribution in [3.05, 3.63) is 58.6 Å². The van der Waals surface area contributed by atoms with Gasteiger partial charge in [-0.05, 0) is 35.9 Å². The number of rotatable bonds is 10. The Hall–Kier alpha value is -2.36. The zero-order valence-corrected chi connectivity index (χ0v) is 18.3. The molecule has 2 rings (SSSR count). The molecule has 0 fully saturated rings. The monoisotopic (exact) mass is 479 g/mol. The van der Waals surface area contributed by atoms with E-state index >= 15 is 0 Å². The second-order valence-electron chi connectivity index (χ2n) is 6.01. The largest absolute Gasteiger partial charge is 0.375 e. The lowest BCUT2D eigenvalue weighted by atomic mass is 10.2. The van der Waals surface area contributed by atoms with E-state index in [1.807, 2.05) is 18.2 Å². The third-order valence-electron chi connectivity index (χ3n) is 3.55. The second kappa shape index (κ2) is 12.3. The van der Waals surface area contributed by atoms with E-state index in [9.17, 15) is 14.4 Å². The van der Waals surface area contributed by atoms with Crippen LogP contribution in [0.4, 0.5) is 11.4 Å². The average Bonchev–Trinajstić information content (AvgIpc) is 2.67. The summed E-state index contributed by atoms with van der Waals surface area (Å²) in [5, 5.41) is 8.29. The van der Waals surface area contributed by atoms with E-state index in [2.05, 4.69) is 31.9 Å². The summed E-state index contributed by atoms with van der Waals surface area (Å²) in [6.07, 6.45) is 0. The Morgan fingerprint density at radius 3 is 2.31 bits per heavy atom. The molecule has 0 spiro atoms. The fourth-order valence-electron chi connectivity index (χ4n) is 2.34. The van der Waals surface area contributed by atoms with Gasteiger partial charge in [-0.2, -0.15) is 0 Å². The molecule has 9 heteroatoms. The van der Waals surface area contributed by atoms with Gasteiger partial charge in [-0.25, -0.2) is 0 Å². The minimum atomic E-state index is -0.244. The molecule has 0 atom stereocenters. The molecule has 0 saturated heterocycles. The van der Waals surface area contributed by atoms with Gasteiger partial charge in [0.2, 0.25) is 17.7 Å². The van der Waals surface area contributed by atoms with E-state index in [0.29, 0.717) is 17.9 Å². The van der Waals surface area contributed by atoms with Crippen molar-refractivity contribution in [1.29, 1.82) is 0 Å². The first kappa shape index (κ1) is 22.9. The van der Waals surface area contributed by atoms with E-state index in [1.165, 1.54) is 18.9 Å². The van der Waals surface area contributed by atoms with Gasteiger partial charge in [-0.3, -0.25) is 14.4 Å². The number of thioether (sulfide) groups is 1. The van der Waals surface area contributed by atoms with Crippen molar-refractivity contribution >= 4 is 56.8 Å². The zero-order chi connectivity index (χ0) is 21.1. The van der Waals surface area contributed by atoms with Crippen LogP contribution in [-0.4, -0.2) is 42.9 Å². The number of nitrogens with one attached hydrogen (secondary N) is 3. The number of hydrogen-bond acceptors (Lipinski definition) is 5. The SMILES string of the molecule is COCC(=O)Nc1cccc(CNC(=O)CSCC(=O)Nc2cccc(Br)c2)c1. The summed E-state index contributed by atoms with van der Waals surface area (Å²) in [6, 6.07) is 14.5. The van der Waals surface area contributed by atoms with Gasteiger partial charge in [-0.15, -0.1) is 11.8 Å². The summed E-state index contributed by atoms with van der Waals surface area (Å²) in [6.45, 7) is 0.310. The van der Waals surface area contributed by atoms with Crippen molar-refractivity contribution in [2.75, 3.05) is 35.9 Å². The van der Waals surface area contributed by atoms with Crippen molar-refractivity contribution in [1.82, 2.24) is 5.32 Å². The van der Waals surface area contributed by atoms with Gasteiger partial charge in [-0.1, -0.05) is 34.1 Å². The summed E-state index contributed by atoms with van der Waals surface area (Å²) in [4.78, 5) is 35.5. The molecule has 2 aromatic carbocycles. The molecule has 154 valence electrons. The fraction of sp³-hybridized carbons (Fsp3) is 0.250. The molecule has 29 heavy (non-hydrogen) atoms. The molecule has 0 aromatic heterocycles. The Bertz CT molecular complexity index is 863. The van der Waals surface area contributed by atoms with Crippen molar-refractivity contribution in [3.8, 4) is 0 Å². The standard InChI is InChI=1S/C20H22BrN3O4S/c1-28-11-18(25)23-16-6-2-4-14(8-16)10-22-19(26)12-29-13-20(27)24-17-7-3-5-15(21)9-17/h2-9H,10-13H2,1H3,(H,22,26)(H,23,25)(H,24,27). The molecule has 0 aliphatic rings. The molecule has 7 nitrogen and oxygen atoms in total. The number of benzene rings is 2. The van der Waals surface area contributed by atoms with Crippen molar-refractivity contribution in [3.63, 3.8) is 0 Å². The first-order valence-corrected chi connectivity index (χ1v) is 10.7. The van der Waals surface area contributed by atoms with E-state index in [-0.39, 0.29) is 35.8 Å². The van der Waals surface area contributed by atoms with Crippen LogP contribution < -0.4 is 16.0 Å². The maximum atomic E-state index is 12.0. The third-order valence-corrected chi connectivity index (χ3v) is 4.98. The predicted octanol–water partition coefficient (Wildman–Crippen LogP) is 3.02. The first-order chi connectivity index (χ1) is 14.0. The first-order valence-electron chi connectivity index (χ1n) is 8.74. The van der Waals surface area contributed by atoms with Crippen molar-refractivity contribution in [2.45, 2.75) is 6.54 Å². The smallest absolute Gasteiger partial charge is 0.250 e. The number of anilines is 2. The highest BCUT2D eigenvalue weighted by molar-refractivity contribution is 9.10. The summed E-state index contributed by atoms with van der Waals surface area (Å²) in [7, 11) is 1.45. The van der Waals surface area contributed by atoms with Gasteiger partial charge in [0.05, 0.1) is 11.5 Å². The Labute approximate surface area is 182 Å². The van der Waals surface area contributed by atoms with E-state index < -0.39 is 0 Å².